The van der Waals surface area contributed by atoms with Crippen molar-refractivity contribution in [1.82, 2.24) is 10.2 Å². The number of hydrogen-bond acceptors (Lipinski definition) is 5. The van der Waals surface area contributed by atoms with E-state index in [1.807, 2.05) is 20.1 Å². The van der Waals surface area contributed by atoms with Crippen molar-refractivity contribution in [2.75, 3.05) is 17.3 Å². The van der Waals surface area contributed by atoms with Crippen molar-refractivity contribution < 1.29 is 18.8 Å². The summed E-state index contributed by atoms with van der Waals surface area (Å²) in [6.07, 6.45) is 3.27. The van der Waals surface area contributed by atoms with Crippen LogP contribution in [-0.4, -0.2) is 46.7 Å². The molecule has 3 aliphatic heterocycles. The second-order valence-corrected chi connectivity index (χ2v) is 8.78. The van der Waals surface area contributed by atoms with Crippen LogP contribution in [0.1, 0.15) is 32.3 Å². The topological polar surface area (TPSA) is 78.5 Å². The van der Waals surface area contributed by atoms with Crippen molar-refractivity contribution in [2.24, 2.45) is 11.8 Å². The van der Waals surface area contributed by atoms with Gasteiger partial charge in [0.2, 0.25) is 17.7 Å². The number of hydrogen-bond donors (Lipinski definition) is 2. The molecule has 4 rings (SSSR count). The number of benzene rings is 1. The number of rotatable bonds is 5. The molecule has 28 heavy (non-hydrogen) atoms. The quantitative estimate of drug-likeness (QED) is 0.734. The molecule has 1 aromatic rings. The van der Waals surface area contributed by atoms with Gasteiger partial charge in [0.15, 0.2) is 0 Å². The number of anilines is 1. The Kier molecular flexibility index (Phi) is 4.74. The molecule has 3 aliphatic rings. The molecule has 3 heterocycles. The van der Waals surface area contributed by atoms with Crippen molar-refractivity contribution in [3.8, 4) is 0 Å². The zero-order valence-electron chi connectivity index (χ0n) is 16.1. The maximum atomic E-state index is 14.1. The lowest BCUT2D eigenvalue weighted by atomic mass is 9.76. The Hall–Kier alpha value is -1.93. The molecule has 8 heteroatoms. The van der Waals surface area contributed by atoms with Crippen LogP contribution < -0.4 is 10.6 Å². The minimum atomic E-state index is -1.40. The fourth-order valence-corrected chi connectivity index (χ4v) is 5.40. The molecular formula is C20H24FN3O3S. The number of amides is 3. The van der Waals surface area contributed by atoms with E-state index in [0.717, 1.165) is 5.75 Å². The fraction of sp³-hybridized carbons (Fsp3) is 0.550. The van der Waals surface area contributed by atoms with Gasteiger partial charge in [-0.25, -0.2) is 4.39 Å². The zero-order chi connectivity index (χ0) is 20.2. The highest BCUT2D eigenvalue weighted by Crippen LogP contribution is 2.53. The van der Waals surface area contributed by atoms with Crippen molar-refractivity contribution in [3.63, 3.8) is 0 Å². The van der Waals surface area contributed by atoms with Gasteiger partial charge in [0.25, 0.3) is 0 Å². The molecule has 0 aliphatic carbocycles. The lowest BCUT2D eigenvalue weighted by molar-refractivity contribution is -0.145. The van der Waals surface area contributed by atoms with Gasteiger partial charge < -0.3 is 5.32 Å². The Labute approximate surface area is 167 Å². The van der Waals surface area contributed by atoms with Crippen LogP contribution in [0.15, 0.2) is 18.2 Å². The second-order valence-electron chi connectivity index (χ2n) is 7.79. The number of nitrogens with one attached hydrogen (secondary N) is 2. The average molecular weight is 405 g/mol. The van der Waals surface area contributed by atoms with Crippen LogP contribution in [-0.2, 0) is 19.9 Å². The smallest absolute Gasteiger partial charge is 0.250 e. The fourth-order valence-electron chi connectivity index (χ4n) is 4.91. The minimum absolute atomic E-state index is 0.225. The molecule has 2 fully saturated rings. The Morgan fingerprint density at radius 2 is 2.04 bits per heavy atom. The molecule has 2 saturated heterocycles. The van der Waals surface area contributed by atoms with Crippen LogP contribution in [0.5, 0.6) is 0 Å². The summed E-state index contributed by atoms with van der Waals surface area (Å²) in [5.41, 5.74) is -0.489. The van der Waals surface area contributed by atoms with Crippen LogP contribution in [0.3, 0.4) is 0 Å². The van der Waals surface area contributed by atoms with E-state index >= 15 is 0 Å². The summed E-state index contributed by atoms with van der Waals surface area (Å²) in [5, 5.41) is 6.10. The predicted molar refractivity (Wildman–Crippen MR) is 105 cm³/mol. The van der Waals surface area contributed by atoms with E-state index in [0.29, 0.717) is 24.1 Å². The van der Waals surface area contributed by atoms with Crippen LogP contribution in [0, 0.1) is 17.7 Å². The zero-order valence-corrected chi connectivity index (χ0v) is 16.9. The molecule has 1 spiro atoms. The molecule has 3 amide bonds. The number of carbonyl (C=O) groups is 3. The first-order valence-electron chi connectivity index (χ1n) is 9.61. The van der Waals surface area contributed by atoms with Gasteiger partial charge >= 0.3 is 0 Å². The number of fused-ring (bicyclic) bond motifs is 4. The first-order valence-corrected chi connectivity index (χ1v) is 11.0. The van der Waals surface area contributed by atoms with Crippen molar-refractivity contribution >= 4 is 35.2 Å². The van der Waals surface area contributed by atoms with Gasteiger partial charge in [0.05, 0.1) is 11.8 Å². The highest BCUT2D eigenvalue weighted by atomic mass is 32.2. The van der Waals surface area contributed by atoms with Gasteiger partial charge in [-0.2, -0.15) is 11.8 Å². The Balaban J connectivity index is 1.86. The average Bonchev–Trinajstić information content (AvgIpc) is 3.25. The standard InChI is InChI=1S/C20H24FN3O3S/c1-4-10(2)24-17(25)15-14(7-8-28-3)23-20(16(15)18(24)26)12-9-11(21)5-6-13(12)22-19(20)27/h5-6,9-10,14-16,23H,4,7-8H2,1-3H3,(H,22,27)/t10-,14-,15+,16+,20+/m0/s1. The van der Waals surface area contributed by atoms with E-state index in [1.54, 1.807) is 11.8 Å². The second kappa shape index (κ2) is 6.84. The maximum absolute atomic E-state index is 14.1. The third-order valence-corrected chi connectivity index (χ3v) is 7.02. The van der Waals surface area contributed by atoms with Gasteiger partial charge in [-0.3, -0.25) is 24.6 Å². The summed E-state index contributed by atoms with van der Waals surface area (Å²) in [4.78, 5) is 41.1. The van der Waals surface area contributed by atoms with Gasteiger partial charge in [-0.15, -0.1) is 0 Å². The van der Waals surface area contributed by atoms with E-state index in [1.165, 1.54) is 23.1 Å². The van der Waals surface area contributed by atoms with E-state index < -0.39 is 23.2 Å². The summed E-state index contributed by atoms with van der Waals surface area (Å²) in [6.45, 7) is 3.77. The van der Waals surface area contributed by atoms with E-state index in [9.17, 15) is 18.8 Å². The van der Waals surface area contributed by atoms with Crippen molar-refractivity contribution in [2.45, 2.75) is 44.3 Å². The lowest BCUT2D eigenvalue weighted by Crippen LogP contribution is -2.54. The highest BCUT2D eigenvalue weighted by Gasteiger charge is 2.70. The molecule has 0 aromatic heterocycles. The molecule has 0 saturated carbocycles. The summed E-state index contributed by atoms with van der Waals surface area (Å²) < 4.78 is 14.1. The van der Waals surface area contributed by atoms with E-state index in [4.69, 9.17) is 0 Å². The highest BCUT2D eigenvalue weighted by molar-refractivity contribution is 7.98. The minimum Gasteiger partial charge on any atom is -0.324 e. The SMILES string of the molecule is CC[C@H](C)N1C(=O)[C@@H]2[C@H](CCSC)N[C@@]3(C(=O)Nc4ccc(F)cc43)[C@H]2C1=O. The number of carbonyl (C=O) groups excluding carboxylic acids is 3. The van der Waals surface area contributed by atoms with Crippen LogP contribution in [0.2, 0.25) is 0 Å². The number of likely N-dealkylation sites (tertiary alicyclic amines) is 1. The third kappa shape index (κ3) is 2.47. The Bertz CT molecular complexity index is 863. The number of thioether (sulfide) groups is 1. The number of nitrogens with zero attached hydrogens (tertiary/aromatic N) is 1. The van der Waals surface area contributed by atoms with Gasteiger partial charge in [0.1, 0.15) is 11.4 Å². The van der Waals surface area contributed by atoms with E-state index in [2.05, 4.69) is 10.6 Å². The summed E-state index contributed by atoms with van der Waals surface area (Å²) in [6, 6.07) is 3.54. The number of imide groups is 1. The first-order chi connectivity index (χ1) is 13.4. The summed E-state index contributed by atoms with van der Waals surface area (Å²) in [5.74, 6) is -2.11. The summed E-state index contributed by atoms with van der Waals surface area (Å²) in [7, 11) is 0. The van der Waals surface area contributed by atoms with Crippen LogP contribution in [0.4, 0.5) is 10.1 Å². The monoisotopic (exact) mass is 405 g/mol. The molecule has 1 aromatic carbocycles. The van der Waals surface area contributed by atoms with Gasteiger partial charge in [-0.05, 0) is 50.0 Å². The van der Waals surface area contributed by atoms with Crippen LogP contribution >= 0.6 is 11.8 Å². The molecule has 6 nitrogen and oxygen atoms in total. The number of halogens is 1. The molecular weight excluding hydrogens is 381 g/mol. The molecule has 2 N–H and O–H groups in total. The van der Waals surface area contributed by atoms with Crippen LogP contribution in [0.25, 0.3) is 0 Å². The molecule has 5 atom stereocenters. The van der Waals surface area contributed by atoms with Gasteiger partial charge in [0, 0.05) is 23.3 Å². The molecule has 0 bridgehead atoms. The third-order valence-electron chi connectivity index (χ3n) is 6.38. The first kappa shape index (κ1) is 19.4. The van der Waals surface area contributed by atoms with E-state index in [-0.39, 0.29) is 29.8 Å². The normalized spacial score (nSPS) is 32.1. The lowest BCUT2D eigenvalue weighted by Gasteiger charge is -2.31. The van der Waals surface area contributed by atoms with Crippen molar-refractivity contribution in [3.05, 3.63) is 29.6 Å². The van der Waals surface area contributed by atoms with Crippen molar-refractivity contribution in [1.29, 1.82) is 0 Å². The Morgan fingerprint density at radius 3 is 2.71 bits per heavy atom. The largest absolute Gasteiger partial charge is 0.324 e. The molecule has 0 unspecified atom stereocenters. The van der Waals surface area contributed by atoms with Gasteiger partial charge in [-0.1, -0.05) is 6.92 Å². The predicted octanol–water partition coefficient (Wildman–Crippen LogP) is 2.10. The summed E-state index contributed by atoms with van der Waals surface area (Å²) >= 11 is 1.65. The maximum Gasteiger partial charge on any atom is 0.250 e. The Morgan fingerprint density at radius 1 is 1.29 bits per heavy atom. The molecule has 0 radical (unpaired) electrons. The molecule has 150 valence electrons.